The van der Waals surface area contributed by atoms with E-state index in [1.54, 1.807) is 120 Å². The molecule has 1 aromatic rings. The van der Waals surface area contributed by atoms with Gasteiger partial charge in [0, 0.05) is 5.57 Å². The summed E-state index contributed by atoms with van der Waals surface area (Å²) in [6.07, 6.45) is 19.4. The van der Waals surface area contributed by atoms with Gasteiger partial charge in [0.1, 0.15) is 17.3 Å². The van der Waals surface area contributed by atoms with Crippen LogP contribution in [0.4, 0.5) is 0 Å². The molecule has 6 heteroatoms. The Labute approximate surface area is 227 Å². The van der Waals surface area contributed by atoms with Crippen LogP contribution < -0.4 is 0 Å². The first kappa shape index (κ1) is 32.1. The van der Waals surface area contributed by atoms with Crippen LogP contribution in [-0.4, -0.2) is 19.3 Å². The molecule has 0 atom stereocenters. The van der Waals surface area contributed by atoms with Gasteiger partial charge in [0.05, 0.1) is 15.4 Å². The van der Waals surface area contributed by atoms with Gasteiger partial charge in [0.2, 0.25) is 9.84 Å². The molecule has 38 heavy (non-hydrogen) atoms. The summed E-state index contributed by atoms with van der Waals surface area (Å²) < 4.78 is 32.0. The number of Topliss-reactive ketones (excluding diaryl/α,β-unsaturated/α-hetero) is 1. The predicted molar refractivity (Wildman–Crippen MR) is 157 cm³/mol. The summed E-state index contributed by atoms with van der Waals surface area (Å²) >= 11 is 0. The van der Waals surface area contributed by atoms with Crippen LogP contribution in [-0.2, 0) is 19.4 Å². The molecule has 0 aliphatic rings. The molecule has 0 saturated carbocycles. The second-order valence-electron chi connectivity index (χ2n) is 8.01. The van der Waals surface area contributed by atoms with Gasteiger partial charge < -0.3 is 9.84 Å². The molecule has 0 fully saturated rings. The first-order chi connectivity index (χ1) is 18.1. The molecule has 0 amide bonds. The Bertz CT molecular complexity index is 1360. The fraction of sp³-hybridized carbons (Fsp3) is 0.219. The molecule has 0 spiro atoms. The second-order valence-corrected chi connectivity index (χ2v) is 9.96. The number of sulfone groups is 1. The van der Waals surface area contributed by atoms with Gasteiger partial charge in [-0.2, -0.15) is 0 Å². The summed E-state index contributed by atoms with van der Waals surface area (Å²) in [5, 5.41) is 10.3. The molecular weight excluding hydrogens is 496 g/mol. The summed E-state index contributed by atoms with van der Waals surface area (Å²) in [6.45, 7) is 12.4. The van der Waals surface area contributed by atoms with Gasteiger partial charge in [-0.3, -0.25) is 4.79 Å². The molecule has 0 bridgehead atoms. The Morgan fingerprint density at radius 1 is 0.789 bits per heavy atom. The third-order valence-electron chi connectivity index (χ3n) is 5.40. The van der Waals surface area contributed by atoms with E-state index in [0.717, 1.165) is 5.56 Å². The molecule has 0 radical (unpaired) electrons. The number of carbonyl (C=O) groups is 1. The number of aryl methyl sites for hydroxylation is 1. The zero-order chi connectivity index (χ0) is 28.7. The minimum Gasteiger partial charge on any atom is -0.507 e. The van der Waals surface area contributed by atoms with Gasteiger partial charge in [-0.05, 0) is 103 Å². The van der Waals surface area contributed by atoms with Crippen molar-refractivity contribution in [2.45, 2.75) is 53.4 Å². The monoisotopic (exact) mass is 534 g/mol. The summed E-state index contributed by atoms with van der Waals surface area (Å²) in [6, 6.07) is 6.70. The highest BCUT2D eigenvalue weighted by atomic mass is 32.2. The SMILES string of the molecule is C\C=C/C=C(O)\C(=C/C)C(=O)C(/C=C\C(=C/C)OC(/C=C\C(=C/C)S(=O)(=O)c1ccc(C)cc1)=C/C)=C/C. The lowest BCUT2D eigenvalue weighted by Crippen LogP contribution is -2.07. The van der Waals surface area contributed by atoms with E-state index in [2.05, 4.69) is 0 Å². The lowest BCUT2D eigenvalue weighted by atomic mass is 10.0. The molecule has 0 unspecified atom stereocenters. The van der Waals surface area contributed by atoms with Crippen molar-refractivity contribution < 1.29 is 23.1 Å². The van der Waals surface area contributed by atoms with Crippen molar-refractivity contribution >= 4 is 15.6 Å². The van der Waals surface area contributed by atoms with E-state index < -0.39 is 9.84 Å². The van der Waals surface area contributed by atoms with Crippen molar-refractivity contribution in [1.29, 1.82) is 0 Å². The third kappa shape index (κ3) is 9.20. The number of benzene rings is 1. The Hall–Kier alpha value is -3.90. The normalized spacial score (nSPS) is 15.2. The fourth-order valence-corrected chi connectivity index (χ4v) is 4.50. The first-order valence-electron chi connectivity index (χ1n) is 12.3. The minimum atomic E-state index is -3.68. The van der Waals surface area contributed by atoms with Crippen molar-refractivity contribution in [3.8, 4) is 0 Å². The smallest absolute Gasteiger partial charge is 0.206 e. The number of hydrogen-bond acceptors (Lipinski definition) is 5. The van der Waals surface area contributed by atoms with Gasteiger partial charge in [0.25, 0.3) is 0 Å². The molecule has 0 heterocycles. The Morgan fingerprint density at radius 3 is 1.84 bits per heavy atom. The number of aliphatic hydroxyl groups is 1. The molecule has 1 rings (SSSR count). The Morgan fingerprint density at radius 2 is 1.37 bits per heavy atom. The molecule has 0 aromatic heterocycles. The van der Waals surface area contributed by atoms with Gasteiger partial charge >= 0.3 is 0 Å². The topological polar surface area (TPSA) is 80.7 Å². The van der Waals surface area contributed by atoms with Crippen LogP contribution in [0.1, 0.15) is 47.1 Å². The van der Waals surface area contributed by atoms with Crippen molar-refractivity contribution in [2.24, 2.45) is 0 Å². The van der Waals surface area contributed by atoms with E-state index in [0.29, 0.717) is 17.1 Å². The van der Waals surface area contributed by atoms with Crippen LogP contribution in [0.5, 0.6) is 0 Å². The molecule has 1 aromatic carbocycles. The van der Waals surface area contributed by atoms with Crippen molar-refractivity contribution in [2.75, 3.05) is 0 Å². The molecule has 0 saturated heterocycles. The lowest BCUT2D eigenvalue weighted by molar-refractivity contribution is -0.112. The number of rotatable bonds is 12. The number of carbonyl (C=O) groups excluding carboxylic acids is 1. The molecule has 1 N–H and O–H groups in total. The van der Waals surface area contributed by atoms with Gasteiger partial charge in [-0.1, -0.05) is 48.1 Å². The minimum absolute atomic E-state index is 0.118. The maximum atomic E-state index is 13.0. The number of aliphatic hydroxyl groups excluding tert-OH is 1. The van der Waals surface area contributed by atoms with Crippen LogP contribution in [0.3, 0.4) is 0 Å². The summed E-state index contributed by atoms with van der Waals surface area (Å²) in [4.78, 5) is 13.3. The van der Waals surface area contributed by atoms with Gasteiger partial charge in [0.15, 0.2) is 5.78 Å². The van der Waals surface area contributed by atoms with Crippen LogP contribution in [0.25, 0.3) is 0 Å². The van der Waals surface area contributed by atoms with Crippen molar-refractivity contribution in [3.05, 3.63) is 136 Å². The van der Waals surface area contributed by atoms with E-state index in [4.69, 9.17) is 4.74 Å². The van der Waals surface area contributed by atoms with Crippen molar-refractivity contribution in [3.63, 3.8) is 0 Å². The largest absolute Gasteiger partial charge is 0.507 e. The zero-order valence-electron chi connectivity index (χ0n) is 23.2. The standard InChI is InChI=1S/C32H38O5S/c1-8-14-15-31(33)30(13-6)32(34)25(9-2)18-19-26(10-3)37-27(11-4)20-23-28(12-5)38(35,36)29-21-16-24(7)17-22-29/h8-23,33H,1-7H3/b14-8-,19-18-,23-20-,25-9+,26-10+,27-11+,28-12+,30-13+,31-15+. The summed E-state index contributed by atoms with van der Waals surface area (Å²) in [5.41, 5.74) is 1.54. The fourth-order valence-electron chi connectivity index (χ4n) is 3.18. The summed E-state index contributed by atoms with van der Waals surface area (Å²) in [5.74, 6) is 0.433. The zero-order valence-corrected chi connectivity index (χ0v) is 24.0. The molecule has 0 aliphatic heterocycles. The van der Waals surface area contributed by atoms with E-state index in [-0.39, 0.29) is 26.9 Å². The summed E-state index contributed by atoms with van der Waals surface area (Å²) in [7, 11) is -3.68. The molecule has 5 nitrogen and oxygen atoms in total. The third-order valence-corrected chi connectivity index (χ3v) is 7.28. The van der Waals surface area contributed by atoms with Gasteiger partial charge in [-0.15, -0.1) is 0 Å². The highest BCUT2D eigenvalue weighted by Crippen LogP contribution is 2.22. The van der Waals surface area contributed by atoms with Crippen LogP contribution in [0.15, 0.2) is 135 Å². The quantitative estimate of drug-likeness (QED) is 0.166. The van der Waals surface area contributed by atoms with E-state index in [1.807, 2.05) is 13.8 Å². The number of hydrogen-bond donors (Lipinski definition) is 1. The average Bonchev–Trinajstić information content (AvgIpc) is 2.91. The highest BCUT2D eigenvalue weighted by molar-refractivity contribution is 7.95. The van der Waals surface area contributed by atoms with Crippen LogP contribution >= 0.6 is 0 Å². The maximum Gasteiger partial charge on any atom is 0.206 e. The van der Waals surface area contributed by atoms with Crippen molar-refractivity contribution in [1.82, 2.24) is 0 Å². The Balaban J connectivity index is 3.11. The maximum absolute atomic E-state index is 13.0. The first-order valence-corrected chi connectivity index (χ1v) is 13.8. The number of ether oxygens (including phenoxy) is 1. The average molecular weight is 535 g/mol. The van der Waals surface area contributed by atoms with Gasteiger partial charge in [-0.25, -0.2) is 8.42 Å². The van der Waals surface area contributed by atoms with E-state index in [9.17, 15) is 18.3 Å². The van der Waals surface area contributed by atoms with E-state index in [1.165, 1.54) is 12.2 Å². The van der Waals surface area contributed by atoms with E-state index >= 15 is 0 Å². The van der Waals surface area contributed by atoms with Crippen LogP contribution in [0, 0.1) is 6.92 Å². The molecule has 202 valence electrons. The lowest BCUT2D eigenvalue weighted by Gasteiger charge is -2.09. The molecule has 0 aliphatic carbocycles. The number of allylic oxidation sites excluding steroid dienone is 14. The molecular formula is C32H38O5S. The highest BCUT2D eigenvalue weighted by Gasteiger charge is 2.18. The van der Waals surface area contributed by atoms with Crippen LogP contribution in [0.2, 0.25) is 0 Å². The number of ketones is 1. The Kier molecular flexibility index (Phi) is 13.6. The second kappa shape index (κ2) is 16.0. The predicted octanol–water partition coefficient (Wildman–Crippen LogP) is 8.09.